The molecule has 0 spiro atoms. The van der Waals surface area contributed by atoms with Crippen molar-refractivity contribution in [2.45, 2.75) is 37.5 Å². The number of phenolic OH excluding ortho intramolecular Hbond substituents is 1. The minimum absolute atomic E-state index is 0.0131. The van der Waals surface area contributed by atoms with Crippen LogP contribution in [0.3, 0.4) is 0 Å². The first-order chi connectivity index (χ1) is 18.2. The van der Waals surface area contributed by atoms with Gasteiger partial charge in [-0.2, -0.15) is 0 Å². The van der Waals surface area contributed by atoms with Crippen LogP contribution in [0.1, 0.15) is 35.7 Å². The number of carbonyl (C=O) groups excluding carboxylic acids is 4. The highest BCUT2D eigenvalue weighted by Gasteiger charge is 2.67. The average molecular weight is 546 g/mol. The van der Waals surface area contributed by atoms with Gasteiger partial charge in [0.25, 0.3) is 5.91 Å². The lowest BCUT2D eigenvalue weighted by Gasteiger charge is -2.53. The lowest BCUT2D eigenvalue weighted by Crippen LogP contribution is -2.68. The van der Waals surface area contributed by atoms with Gasteiger partial charge in [0, 0.05) is 11.5 Å². The summed E-state index contributed by atoms with van der Waals surface area (Å²) < 4.78 is 4.84. The number of esters is 1. The van der Waals surface area contributed by atoms with Crippen molar-refractivity contribution < 1.29 is 49.4 Å². The third kappa shape index (κ3) is 3.87. The van der Waals surface area contributed by atoms with Gasteiger partial charge < -0.3 is 41.3 Å². The third-order valence-corrected chi connectivity index (χ3v) is 7.86. The summed E-state index contributed by atoms with van der Waals surface area (Å²) in [6.07, 6.45) is -1.68. The molecule has 1 aromatic carbocycles. The molecule has 0 aromatic heterocycles. The Kier molecular flexibility index (Phi) is 6.96. The smallest absolute Gasteiger partial charge is 0.325 e. The van der Waals surface area contributed by atoms with E-state index in [9.17, 15) is 44.7 Å². The van der Waals surface area contributed by atoms with Gasteiger partial charge in [0.05, 0.1) is 35.9 Å². The van der Waals surface area contributed by atoms with Gasteiger partial charge >= 0.3 is 5.97 Å². The highest BCUT2D eigenvalue weighted by molar-refractivity contribution is 6.25. The molecule has 8 N–H and O–H groups in total. The maximum absolute atomic E-state index is 13.8. The number of phenols is 1. The van der Waals surface area contributed by atoms with Crippen LogP contribution in [-0.2, 0) is 19.1 Å². The van der Waals surface area contributed by atoms with E-state index in [0.29, 0.717) is 5.56 Å². The van der Waals surface area contributed by atoms with E-state index in [1.54, 1.807) is 13.8 Å². The number of ketones is 2. The molecule has 1 amide bonds. The van der Waals surface area contributed by atoms with E-state index < -0.39 is 87.4 Å². The molecule has 0 aliphatic heterocycles. The number of ether oxygens (including phenoxy) is 1. The van der Waals surface area contributed by atoms with Crippen LogP contribution >= 0.6 is 0 Å². The number of rotatable bonds is 6. The van der Waals surface area contributed by atoms with Crippen LogP contribution in [0.4, 0.5) is 5.69 Å². The molecule has 0 heterocycles. The van der Waals surface area contributed by atoms with Crippen LogP contribution in [0.25, 0.3) is 0 Å². The molecule has 39 heavy (non-hydrogen) atoms. The number of hydrogen-bond acceptors (Lipinski definition) is 12. The Morgan fingerprint density at radius 3 is 2.38 bits per heavy atom. The van der Waals surface area contributed by atoms with E-state index in [1.165, 1.54) is 31.1 Å². The quantitative estimate of drug-likeness (QED) is 0.138. The van der Waals surface area contributed by atoms with Gasteiger partial charge in [-0.15, -0.1) is 0 Å². The van der Waals surface area contributed by atoms with E-state index in [0.717, 1.165) is 0 Å². The molecule has 0 radical (unpaired) electrons. The Labute approximate surface area is 223 Å². The van der Waals surface area contributed by atoms with Crippen molar-refractivity contribution in [3.63, 3.8) is 0 Å². The van der Waals surface area contributed by atoms with Crippen molar-refractivity contribution in [3.05, 3.63) is 45.9 Å². The molecule has 0 bridgehead atoms. The molecule has 13 nitrogen and oxygen atoms in total. The molecule has 13 heteroatoms. The van der Waals surface area contributed by atoms with Gasteiger partial charge in [0.15, 0.2) is 11.4 Å². The van der Waals surface area contributed by atoms with Crippen molar-refractivity contribution in [2.24, 2.45) is 17.6 Å². The topological polar surface area (TPSA) is 220 Å². The van der Waals surface area contributed by atoms with Gasteiger partial charge in [0.1, 0.15) is 29.4 Å². The Morgan fingerprint density at radius 1 is 1.18 bits per heavy atom. The van der Waals surface area contributed by atoms with Crippen LogP contribution < -0.4 is 11.1 Å². The Balaban J connectivity index is 1.91. The number of primary amides is 1. The number of benzene rings is 1. The Hall–Kier alpha value is -3.94. The van der Waals surface area contributed by atoms with Crippen LogP contribution in [0.15, 0.2) is 34.8 Å². The van der Waals surface area contributed by atoms with Gasteiger partial charge in [-0.25, -0.2) is 0 Å². The zero-order valence-electron chi connectivity index (χ0n) is 21.8. The van der Waals surface area contributed by atoms with Crippen LogP contribution in [0, 0.1) is 11.8 Å². The zero-order valence-corrected chi connectivity index (χ0v) is 21.8. The SMILES string of the molecule is CCOC(=O)CNc1ccc2c(c1O)C(=O)C1=C(O)[C@]3(O)C(=O)C(C(N)=O)=C(O)[C@@H](N(C)C)[C@@H]3[C@@H](O)[C@@H]1[C@H]2C. The lowest BCUT2D eigenvalue weighted by atomic mass is 9.55. The molecule has 0 saturated heterocycles. The van der Waals surface area contributed by atoms with E-state index >= 15 is 0 Å². The summed E-state index contributed by atoms with van der Waals surface area (Å²) >= 11 is 0. The second-order valence-corrected chi connectivity index (χ2v) is 10.1. The lowest BCUT2D eigenvalue weighted by molar-refractivity contribution is -0.162. The van der Waals surface area contributed by atoms with Crippen molar-refractivity contribution in [2.75, 3.05) is 32.6 Å². The predicted molar refractivity (Wildman–Crippen MR) is 135 cm³/mol. The highest BCUT2D eigenvalue weighted by Crippen LogP contribution is 2.55. The van der Waals surface area contributed by atoms with E-state index in [2.05, 4.69) is 5.32 Å². The summed E-state index contributed by atoms with van der Waals surface area (Å²) in [5, 5.41) is 59.1. The van der Waals surface area contributed by atoms with Crippen molar-refractivity contribution in [3.8, 4) is 5.75 Å². The number of fused-ring (bicyclic) bond motifs is 3. The number of carbonyl (C=O) groups is 4. The van der Waals surface area contributed by atoms with Gasteiger partial charge in [0.2, 0.25) is 5.78 Å². The van der Waals surface area contributed by atoms with Gasteiger partial charge in [-0.05, 0) is 38.6 Å². The number of aliphatic hydroxyl groups excluding tert-OH is 3. The molecule has 3 aliphatic carbocycles. The molecule has 1 aromatic rings. The number of likely N-dealkylation sites (N-methyl/N-ethyl adjacent to an activating group) is 1. The van der Waals surface area contributed by atoms with Gasteiger partial charge in [-0.1, -0.05) is 13.0 Å². The summed E-state index contributed by atoms with van der Waals surface area (Å²) in [5.74, 6) is -10.3. The Bertz CT molecular complexity index is 1350. The highest BCUT2D eigenvalue weighted by atomic mass is 16.5. The average Bonchev–Trinajstić information content (AvgIpc) is 2.85. The number of amides is 1. The summed E-state index contributed by atoms with van der Waals surface area (Å²) in [6.45, 7) is 3.09. The first-order valence-electron chi connectivity index (χ1n) is 12.3. The molecule has 0 fully saturated rings. The fraction of sp³-hybridized carbons (Fsp3) is 0.462. The van der Waals surface area contributed by atoms with Crippen LogP contribution in [0.2, 0.25) is 0 Å². The molecule has 0 unspecified atom stereocenters. The maximum atomic E-state index is 13.8. The molecule has 6 atom stereocenters. The fourth-order valence-corrected chi connectivity index (χ4v) is 6.14. The number of nitrogens with two attached hydrogens (primary N) is 1. The standard InChI is InChI=1S/C26H31N3O10/c1-5-39-12(30)8-28-11-7-6-10-9(2)13-15(20(32)14(10)19(11)31)23(35)26(38)17(21(13)33)18(29(3)4)22(34)16(24(26)36)25(27)37/h6-7,9,13,17-18,21,28,31,33-35,38H,5,8H2,1-4H3,(H2,27,37)/t9-,13+,17+,18-,21-,26-/m0/s1. The molecular formula is C26H31N3O10. The molecule has 4 rings (SSSR count). The largest absolute Gasteiger partial charge is 0.510 e. The second-order valence-electron chi connectivity index (χ2n) is 10.1. The molecule has 210 valence electrons. The minimum Gasteiger partial charge on any atom is -0.510 e. The van der Waals surface area contributed by atoms with Crippen molar-refractivity contribution >= 4 is 29.1 Å². The summed E-state index contributed by atoms with van der Waals surface area (Å²) in [7, 11) is 2.93. The molecule has 0 saturated carbocycles. The Morgan fingerprint density at radius 2 is 1.82 bits per heavy atom. The number of nitrogens with zero attached hydrogens (tertiary/aromatic N) is 1. The predicted octanol–water partition coefficient (Wildman–Crippen LogP) is -0.373. The van der Waals surface area contributed by atoms with Gasteiger partial charge in [-0.3, -0.25) is 24.1 Å². The number of anilines is 1. The monoisotopic (exact) mass is 545 g/mol. The minimum atomic E-state index is -2.99. The van der Waals surface area contributed by atoms with Crippen LogP contribution in [-0.4, -0.2) is 98.9 Å². The zero-order chi connectivity index (χ0) is 29.1. The normalized spacial score (nSPS) is 30.1. The number of hydrogen-bond donors (Lipinski definition) is 7. The number of Topliss-reactive ketones (excluding diaryl/α,β-unsaturated/α-hetero) is 2. The van der Waals surface area contributed by atoms with Crippen molar-refractivity contribution in [1.82, 2.24) is 4.90 Å². The number of nitrogens with one attached hydrogen (secondary N) is 1. The van der Waals surface area contributed by atoms with Crippen molar-refractivity contribution in [1.29, 1.82) is 0 Å². The number of aromatic hydroxyl groups is 1. The van der Waals surface area contributed by atoms with E-state index in [-0.39, 0.29) is 24.4 Å². The van der Waals surface area contributed by atoms with E-state index in [4.69, 9.17) is 10.5 Å². The van der Waals surface area contributed by atoms with Crippen LogP contribution in [0.5, 0.6) is 5.75 Å². The van der Waals surface area contributed by atoms with E-state index in [1.807, 2.05) is 0 Å². The first kappa shape index (κ1) is 28.1. The number of aliphatic hydroxyl groups is 4. The molecular weight excluding hydrogens is 514 g/mol. The fourth-order valence-electron chi connectivity index (χ4n) is 6.14. The second kappa shape index (κ2) is 9.67. The maximum Gasteiger partial charge on any atom is 0.325 e. The summed E-state index contributed by atoms with van der Waals surface area (Å²) in [4.78, 5) is 52.4. The summed E-state index contributed by atoms with van der Waals surface area (Å²) in [5.41, 5.74) is 0.910. The first-order valence-corrected chi connectivity index (χ1v) is 12.3. The third-order valence-electron chi connectivity index (χ3n) is 7.86. The summed E-state index contributed by atoms with van der Waals surface area (Å²) in [6, 6.07) is 1.63. The molecule has 3 aliphatic rings.